The molecule has 0 aliphatic heterocycles. The van der Waals surface area contributed by atoms with E-state index in [1.807, 2.05) is 13.8 Å². The van der Waals surface area contributed by atoms with Gasteiger partial charge < -0.3 is 15.4 Å². The highest BCUT2D eigenvalue weighted by atomic mass is 16.5. The molecular weight excluding hydrogens is 220 g/mol. The molecule has 0 saturated heterocycles. The molecule has 1 atom stereocenters. The molecule has 1 aromatic rings. The number of anilines is 1. The first-order chi connectivity index (χ1) is 8.17. The van der Waals surface area contributed by atoms with Gasteiger partial charge in [0.1, 0.15) is 11.5 Å². The Kier molecular flexibility index (Phi) is 5.35. The Hall–Kier alpha value is -1.69. The number of hydrogen-bond donors (Lipinski definition) is 2. The maximum absolute atomic E-state index is 11.7. The average Bonchev–Trinajstić information content (AvgIpc) is 2.30. The van der Waals surface area contributed by atoms with Gasteiger partial charge in [-0.2, -0.15) is 0 Å². The normalized spacial score (nSPS) is 11.9. The lowest BCUT2D eigenvalue weighted by atomic mass is 10.3. The number of methoxy groups -OCH3 is 1. The van der Waals surface area contributed by atoms with Gasteiger partial charge in [-0.15, -0.1) is 0 Å². The number of nitrogens with one attached hydrogen (secondary N) is 2. The molecule has 1 amide bonds. The smallest absolute Gasteiger partial charge is 0.271 e. The summed E-state index contributed by atoms with van der Waals surface area (Å²) < 4.78 is 4.93. The van der Waals surface area contributed by atoms with E-state index in [1.165, 1.54) is 6.20 Å². The Labute approximate surface area is 101 Å². The van der Waals surface area contributed by atoms with Crippen LogP contribution in [0.5, 0.6) is 0 Å². The summed E-state index contributed by atoms with van der Waals surface area (Å²) in [5.74, 6) is 0.416. The van der Waals surface area contributed by atoms with Crippen LogP contribution < -0.4 is 10.6 Å². The first-order valence-corrected chi connectivity index (χ1v) is 5.53. The van der Waals surface area contributed by atoms with E-state index in [0.29, 0.717) is 18.1 Å². The molecule has 2 N–H and O–H groups in total. The Morgan fingerprint density at radius 2 is 2.24 bits per heavy atom. The third kappa shape index (κ3) is 4.36. The fourth-order valence-electron chi connectivity index (χ4n) is 1.31. The Bertz CT molecular complexity index is 353. The van der Waals surface area contributed by atoms with Gasteiger partial charge >= 0.3 is 0 Å². The predicted octanol–water partition coefficient (Wildman–Crippen LogP) is 0.673. The summed E-state index contributed by atoms with van der Waals surface area (Å²) in [5, 5.41) is 5.77. The summed E-state index contributed by atoms with van der Waals surface area (Å²) in [5.41, 5.74) is 0.301. The van der Waals surface area contributed by atoms with E-state index in [1.54, 1.807) is 13.3 Å². The van der Waals surface area contributed by atoms with Crippen molar-refractivity contribution in [2.45, 2.75) is 19.9 Å². The Morgan fingerprint density at radius 3 is 2.76 bits per heavy atom. The summed E-state index contributed by atoms with van der Waals surface area (Å²) in [6.45, 7) is 5.07. The SMILES string of the molecule is CCNc1cnc(C(=O)NC(C)COC)cn1. The van der Waals surface area contributed by atoms with Crippen LogP contribution in [-0.4, -0.2) is 42.2 Å². The highest BCUT2D eigenvalue weighted by Gasteiger charge is 2.11. The van der Waals surface area contributed by atoms with Gasteiger partial charge in [0.05, 0.1) is 19.0 Å². The summed E-state index contributed by atoms with van der Waals surface area (Å²) in [4.78, 5) is 19.8. The number of nitrogens with zero attached hydrogens (tertiary/aromatic N) is 2. The molecule has 0 bridgehead atoms. The van der Waals surface area contributed by atoms with E-state index in [0.717, 1.165) is 6.54 Å². The molecule has 1 rings (SSSR count). The fraction of sp³-hybridized carbons (Fsp3) is 0.545. The molecule has 0 fully saturated rings. The molecule has 6 heteroatoms. The standard InChI is InChI=1S/C11H18N4O2/c1-4-12-10-6-13-9(5-14-10)11(16)15-8(2)7-17-3/h5-6,8H,4,7H2,1-3H3,(H,12,14)(H,15,16). The second-order valence-electron chi connectivity index (χ2n) is 3.65. The minimum Gasteiger partial charge on any atom is -0.383 e. The van der Waals surface area contributed by atoms with Crippen LogP contribution in [0.3, 0.4) is 0 Å². The Balaban J connectivity index is 2.57. The number of carbonyl (C=O) groups is 1. The van der Waals surface area contributed by atoms with E-state index in [4.69, 9.17) is 4.74 Å². The zero-order chi connectivity index (χ0) is 12.7. The second-order valence-corrected chi connectivity index (χ2v) is 3.65. The van der Waals surface area contributed by atoms with Gasteiger partial charge in [0.15, 0.2) is 0 Å². The van der Waals surface area contributed by atoms with Crippen LogP contribution in [0.25, 0.3) is 0 Å². The summed E-state index contributed by atoms with van der Waals surface area (Å²) in [7, 11) is 1.59. The number of hydrogen-bond acceptors (Lipinski definition) is 5. The minimum absolute atomic E-state index is 0.0530. The van der Waals surface area contributed by atoms with Crippen LogP contribution in [-0.2, 0) is 4.74 Å². The van der Waals surface area contributed by atoms with Gasteiger partial charge in [-0.05, 0) is 13.8 Å². The lowest BCUT2D eigenvalue weighted by Gasteiger charge is -2.12. The van der Waals surface area contributed by atoms with Crippen molar-refractivity contribution in [3.05, 3.63) is 18.1 Å². The molecule has 1 unspecified atom stereocenters. The molecule has 6 nitrogen and oxygen atoms in total. The average molecular weight is 238 g/mol. The predicted molar refractivity (Wildman–Crippen MR) is 65.0 cm³/mol. The fourth-order valence-corrected chi connectivity index (χ4v) is 1.31. The quantitative estimate of drug-likeness (QED) is 0.762. The van der Waals surface area contributed by atoms with Crippen LogP contribution in [0.15, 0.2) is 12.4 Å². The summed E-state index contributed by atoms with van der Waals surface area (Å²) >= 11 is 0. The van der Waals surface area contributed by atoms with E-state index >= 15 is 0 Å². The highest BCUT2D eigenvalue weighted by molar-refractivity contribution is 5.92. The van der Waals surface area contributed by atoms with Crippen LogP contribution in [0.1, 0.15) is 24.3 Å². The molecule has 94 valence electrons. The van der Waals surface area contributed by atoms with Gasteiger partial charge in [-0.3, -0.25) is 4.79 Å². The summed E-state index contributed by atoms with van der Waals surface area (Å²) in [6, 6.07) is -0.0530. The molecule has 0 radical (unpaired) electrons. The van der Waals surface area contributed by atoms with Crippen molar-refractivity contribution >= 4 is 11.7 Å². The van der Waals surface area contributed by atoms with Crippen molar-refractivity contribution in [3.8, 4) is 0 Å². The van der Waals surface area contributed by atoms with Crippen molar-refractivity contribution in [1.82, 2.24) is 15.3 Å². The van der Waals surface area contributed by atoms with Crippen LogP contribution in [0, 0.1) is 0 Å². The molecule has 0 aliphatic carbocycles. The lowest BCUT2D eigenvalue weighted by molar-refractivity contribution is 0.0900. The van der Waals surface area contributed by atoms with Crippen molar-refractivity contribution in [3.63, 3.8) is 0 Å². The number of amides is 1. The molecule has 0 aliphatic rings. The third-order valence-corrected chi connectivity index (χ3v) is 2.04. The molecule has 0 spiro atoms. The number of carbonyl (C=O) groups excluding carboxylic acids is 1. The Morgan fingerprint density at radius 1 is 1.47 bits per heavy atom. The van der Waals surface area contributed by atoms with Crippen molar-refractivity contribution < 1.29 is 9.53 Å². The lowest BCUT2D eigenvalue weighted by Crippen LogP contribution is -2.36. The van der Waals surface area contributed by atoms with Crippen LogP contribution in [0.4, 0.5) is 5.82 Å². The van der Waals surface area contributed by atoms with E-state index in [-0.39, 0.29) is 11.9 Å². The van der Waals surface area contributed by atoms with Crippen molar-refractivity contribution in [1.29, 1.82) is 0 Å². The monoisotopic (exact) mass is 238 g/mol. The zero-order valence-electron chi connectivity index (χ0n) is 10.4. The molecule has 17 heavy (non-hydrogen) atoms. The van der Waals surface area contributed by atoms with Crippen molar-refractivity contribution in [2.24, 2.45) is 0 Å². The van der Waals surface area contributed by atoms with Crippen LogP contribution in [0.2, 0.25) is 0 Å². The molecule has 1 heterocycles. The molecule has 0 aromatic carbocycles. The number of rotatable bonds is 6. The minimum atomic E-state index is -0.245. The first kappa shape index (κ1) is 13.4. The maximum Gasteiger partial charge on any atom is 0.271 e. The zero-order valence-corrected chi connectivity index (χ0v) is 10.4. The number of aromatic nitrogens is 2. The second kappa shape index (κ2) is 6.80. The van der Waals surface area contributed by atoms with Gasteiger partial charge in [0, 0.05) is 19.7 Å². The molecule has 0 saturated carbocycles. The maximum atomic E-state index is 11.7. The topological polar surface area (TPSA) is 76.1 Å². The molecule has 1 aromatic heterocycles. The van der Waals surface area contributed by atoms with E-state index < -0.39 is 0 Å². The van der Waals surface area contributed by atoms with Crippen LogP contribution >= 0.6 is 0 Å². The summed E-state index contributed by atoms with van der Waals surface area (Å²) in [6.07, 6.45) is 2.99. The van der Waals surface area contributed by atoms with E-state index in [9.17, 15) is 4.79 Å². The van der Waals surface area contributed by atoms with Gasteiger partial charge in [-0.1, -0.05) is 0 Å². The van der Waals surface area contributed by atoms with E-state index in [2.05, 4.69) is 20.6 Å². The third-order valence-electron chi connectivity index (χ3n) is 2.04. The van der Waals surface area contributed by atoms with Crippen molar-refractivity contribution in [2.75, 3.05) is 25.6 Å². The van der Waals surface area contributed by atoms with Gasteiger partial charge in [-0.25, -0.2) is 9.97 Å². The van der Waals surface area contributed by atoms with Gasteiger partial charge in [0.2, 0.25) is 0 Å². The van der Waals surface area contributed by atoms with Gasteiger partial charge in [0.25, 0.3) is 5.91 Å². The molecular formula is C11H18N4O2. The first-order valence-electron chi connectivity index (χ1n) is 5.53. The highest BCUT2D eigenvalue weighted by Crippen LogP contribution is 2.00. The number of ether oxygens (including phenoxy) is 1. The largest absolute Gasteiger partial charge is 0.383 e.